The molecule has 0 N–H and O–H groups in total. The highest BCUT2D eigenvalue weighted by atomic mass is 16.5. The Morgan fingerprint density at radius 1 is 0.812 bits per heavy atom. The van der Waals surface area contributed by atoms with Gasteiger partial charge < -0.3 is 9.47 Å². The van der Waals surface area contributed by atoms with Crippen molar-refractivity contribution in [2.24, 2.45) is 0 Å². The van der Waals surface area contributed by atoms with Crippen molar-refractivity contribution in [3.8, 4) is 22.6 Å². The summed E-state index contributed by atoms with van der Waals surface area (Å²) < 4.78 is 10.5. The normalized spacial score (nSPS) is 9.88. The molecule has 0 saturated carbocycles. The number of benzene rings is 2. The lowest BCUT2D eigenvalue weighted by atomic mass is 10.1. The van der Waals surface area contributed by atoms with Gasteiger partial charge in [-0.15, -0.1) is 0 Å². The third-order valence-electron chi connectivity index (χ3n) is 2.40. The summed E-state index contributed by atoms with van der Waals surface area (Å²) in [7, 11) is 3.30. The number of hydrogen-bond donors (Lipinski definition) is 0. The number of methoxy groups -OCH3 is 2. The fraction of sp³-hybridized carbons (Fsp3) is 0.143. The largest absolute Gasteiger partial charge is 0.497 e. The second-order valence-corrected chi connectivity index (χ2v) is 3.39. The highest BCUT2D eigenvalue weighted by molar-refractivity contribution is 5.67. The minimum atomic E-state index is 0.794. The monoisotopic (exact) mass is 213 g/mol. The zero-order chi connectivity index (χ0) is 11.4. The lowest BCUT2D eigenvalue weighted by Gasteiger charge is -2.08. The van der Waals surface area contributed by atoms with Crippen molar-refractivity contribution in [3.05, 3.63) is 48.5 Å². The van der Waals surface area contributed by atoms with Crippen molar-refractivity contribution < 1.29 is 9.47 Å². The smallest absolute Gasteiger partial charge is 0.123 e. The molecule has 0 amide bonds. The molecule has 1 radical (unpaired) electrons. The third kappa shape index (κ3) is 2.16. The van der Waals surface area contributed by atoms with E-state index in [1.807, 2.05) is 42.5 Å². The Balaban J connectivity index is 2.48. The van der Waals surface area contributed by atoms with E-state index in [2.05, 4.69) is 6.07 Å². The van der Waals surface area contributed by atoms with Gasteiger partial charge in [-0.2, -0.15) is 0 Å². The number of rotatable bonds is 3. The summed E-state index contributed by atoms with van der Waals surface area (Å²) in [6.45, 7) is 0. The van der Waals surface area contributed by atoms with E-state index in [0.717, 1.165) is 22.6 Å². The van der Waals surface area contributed by atoms with Gasteiger partial charge in [0.05, 0.1) is 14.2 Å². The van der Waals surface area contributed by atoms with Crippen molar-refractivity contribution in [1.29, 1.82) is 0 Å². The average Bonchev–Trinajstić information content (AvgIpc) is 2.39. The lowest BCUT2D eigenvalue weighted by Crippen LogP contribution is -1.88. The maximum Gasteiger partial charge on any atom is 0.123 e. The van der Waals surface area contributed by atoms with E-state index in [1.54, 1.807) is 14.2 Å². The van der Waals surface area contributed by atoms with Crippen LogP contribution in [-0.4, -0.2) is 14.2 Å². The van der Waals surface area contributed by atoms with Gasteiger partial charge in [0.25, 0.3) is 0 Å². The summed E-state index contributed by atoms with van der Waals surface area (Å²) in [5.74, 6) is 1.59. The molecule has 0 aliphatic rings. The molecule has 0 bridgehead atoms. The molecule has 2 aromatic rings. The van der Waals surface area contributed by atoms with E-state index >= 15 is 0 Å². The van der Waals surface area contributed by atoms with Crippen LogP contribution in [0.4, 0.5) is 0 Å². The summed E-state index contributed by atoms with van der Waals surface area (Å²) in [6, 6.07) is 16.6. The van der Waals surface area contributed by atoms with Crippen LogP contribution in [0.5, 0.6) is 11.5 Å². The topological polar surface area (TPSA) is 18.5 Å². The molecule has 0 aliphatic carbocycles. The van der Waals surface area contributed by atoms with Crippen LogP contribution in [0.25, 0.3) is 11.1 Å². The first-order chi connectivity index (χ1) is 7.83. The molecule has 0 heterocycles. The van der Waals surface area contributed by atoms with Crippen LogP contribution < -0.4 is 9.47 Å². The summed E-state index contributed by atoms with van der Waals surface area (Å²) >= 11 is 0. The van der Waals surface area contributed by atoms with Gasteiger partial charge in [-0.05, 0) is 29.3 Å². The lowest BCUT2D eigenvalue weighted by molar-refractivity contribution is 0.394. The van der Waals surface area contributed by atoms with Crippen LogP contribution in [0.1, 0.15) is 0 Å². The van der Waals surface area contributed by atoms with E-state index in [9.17, 15) is 0 Å². The second-order valence-electron chi connectivity index (χ2n) is 3.39. The van der Waals surface area contributed by atoms with Gasteiger partial charge in [0.15, 0.2) is 0 Å². The molecule has 0 fully saturated rings. The highest BCUT2D eigenvalue weighted by Crippen LogP contribution is 2.29. The molecule has 2 heteroatoms. The maximum absolute atomic E-state index is 5.23. The molecule has 16 heavy (non-hydrogen) atoms. The SMILES string of the molecule is COc1cc(OC)cc(-c2cc[c]cc2)c1. The maximum atomic E-state index is 5.23. The first-order valence-corrected chi connectivity index (χ1v) is 5.03. The Morgan fingerprint density at radius 2 is 1.38 bits per heavy atom. The van der Waals surface area contributed by atoms with Crippen molar-refractivity contribution in [2.45, 2.75) is 0 Å². The zero-order valence-corrected chi connectivity index (χ0v) is 9.36. The minimum absolute atomic E-state index is 0.794. The van der Waals surface area contributed by atoms with Crippen molar-refractivity contribution >= 4 is 0 Å². The summed E-state index contributed by atoms with van der Waals surface area (Å²) in [6.07, 6.45) is 0. The Kier molecular flexibility index (Phi) is 3.10. The van der Waals surface area contributed by atoms with E-state index in [1.165, 1.54) is 0 Å². The predicted molar refractivity (Wildman–Crippen MR) is 63.8 cm³/mol. The van der Waals surface area contributed by atoms with Gasteiger partial charge in [0.2, 0.25) is 0 Å². The molecule has 2 aromatic carbocycles. The Hall–Kier alpha value is -1.96. The van der Waals surface area contributed by atoms with Crippen LogP contribution >= 0.6 is 0 Å². The average molecular weight is 213 g/mol. The van der Waals surface area contributed by atoms with Gasteiger partial charge >= 0.3 is 0 Å². The van der Waals surface area contributed by atoms with E-state index in [0.29, 0.717) is 0 Å². The molecular formula is C14H13O2. The zero-order valence-electron chi connectivity index (χ0n) is 9.36. The first-order valence-electron chi connectivity index (χ1n) is 5.03. The van der Waals surface area contributed by atoms with Crippen molar-refractivity contribution in [2.75, 3.05) is 14.2 Å². The molecule has 0 spiro atoms. The van der Waals surface area contributed by atoms with E-state index < -0.39 is 0 Å². The van der Waals surface area contributed by atoms with Gasteiger partial charge in [-0.3, -0.25) is 0 Å². The molecule has 81 valence electrons. The molecule has 2 nitrogen and oxygen atoms in total. The Morgan fingerprint density at radius 3 is 1.88 bits per heavy atom. The second kappa shape index (κ2) is 4.71. The van der Waals surface area contributed by atoms with Gasteiger partial charge in [0.1, 0.15) is 11.5 Å². The summed E-state index contributed by atoms with van der Waals surface area (Å²) in [5.41, 5.74) is 2.20. The fourth-order valence-electron chi connectivity index (χ4n) is 1.55. The summed E-state index contributed by atoms with van der Waals surface area (Å²) in [4.78, 5) is 0. The van der Waals surface area contributed by atoms with E-state index in [-0.39, 0.29) is 0 Å². The van der Waals surface area contributed by atoms with Gasteiger partial charge in [0, 0.05) is 6.07 Å². The van der Waals surface area contributed by atoms with Crippen LogP contribution in [0.3, 0.4) is 0 Å². The number of hydrogen-bond acceptors (Lipinski definition) is 2. The van der Waals surface area contributed by atoms with Crippen LogP contribution in [0.15, 0.2) is 42.5 Å². The van der Waals surface area contributed by atoms with Crippen molar-refractivity contribution in [1.82, 2.24) is 0 Å². The predicted octanol–water partition coefficient (Wildman–Crippen LogP) is 3.17. The summed E-state index contributed by atoms with van der Waals surface area (Å²) in [5, 5.41) is 0. The van der Waals surface area contributed by atoms with Crippen LogP contribution in [0.2, 0.25) is 0 Å². The standard InChI is InChI=1S/C14H13O2/c1-15-13-8-12(9-14(10-13)16-2)11-6-4-3-5-7-11/h4-10H,1-2H3. The van der Waals surface area contributed by atoms with Crippen molar-refractivity contribution in [3.63, 3.8) is 0 Å². The quantitative estimate of drug-likeness (QED) is 0.779. The molecular weight excluding hydrogens is 200 g/mol. The minimum Gasteiger partial charge on any atom is -0.497 e. The molecule has 0 aromatic heterocycles. The first kappa shape index (κ1) is 10.6. The molecule has 0 aliphatic heterocycles. The Labute approximate surface area is 95.4 Å². The van der Waals surface area contributed by atoms with Crippen LogP contribution in [0, 0.1) is 6.07 Å². The number of ether oxygens (including phenoxy) is 2. The molecule has 2 rings (SSSR count). The van der Waals surface area contributed by atoms with Crippen LogP contribution in [-0.2, 0) is 0 Å². The Bertz CT molecular complexity index is 441. The third-order valence-corrected chi connectivity index (χ3v) is 2.40. The molecule has 0 saturated heterocycles. The molecule has 0 atom stereocenters. The van der Waals surface area contributed by atoms with E-state index in [4.69, 9.17) is 9.47 Å². The highest BCUT2D eigenvalue weighted by Gasteiger charge is 2.03. The fourth-order valence-corrected chi connectivity index (χ4v) is 1.55. The van der Waals surface area contributed by atoms with Gasteiger partial charge in [-0.1, -0.05) is 24.3 Å². The van der Waals surface area contributed by atoms with Gasteiger partial charge in [-0.25, -0.2) is 0 Å². The molecule has 0 unspecified atom stereocenters.